The number of sulfonamides is 1. The van der Waals surface area contributed by atoms with Crippen LogP contribution in [0, 0.1) is 0 Å². The number of hydrogen-bond acceptors (Lipinski definition) is 7. The molecule has 0 radical (unpaired) electrons. The van der Waals surface area contributed by atoms with E-state index in [4.69, 9.17) is 11.6 Å². The van der Waals surface area contributed by atoms with Crippen molar-refractivity contribution in [3.8, 4) is 0 Å². The van der Waals surface area contributed by atoms with E-state index in [0.717, 1.165) is 27.5 Å². The van der Waals surface area contributed by atoms with Crippen molar-refractivity contribution >= 4 is 43.5 Å². The van der Waals surface area contributed by atoms with Crippen LogP contribution >= 0.6 is 11.6 Å². The Morgan fingerprint density at radius 3 is 2.43 bits per heavy atom. The number of halogens is 1. The minimum atomic E-state index is -5.30. The molecule has 1 unspecified atom stereocenters. The van der Waals surface area contributed by atoms with Crippen molar-refractivity contribution in [1.29, 1.82) is 0 Å². The molecule has 1 heterocycles. The number of rotatable bonds is 5. The van der Waals surface area contributed by atoms with Crippen LogP contribution in [-0.4, -0.2) is 33.3 Å². The van der Waals surface area contributed by atoms with Gasteiger partial charge in [-0.3, -0.25) is 0 Å². The molecular formula is C16H14ClN3Na2O6S2. The number of amides is 1. The Labute approximate surface area is 224 Å². The third-order valence-corrected chi connectivity index (χ3v) is 7.10. The van der Waals surface area contributed by atoms with Gasteiger partial charge in [0.2, 0.25) is 0 Å². The van der Waals surface area contributed by atoms with E-state index < -0.39 is 31.1 Å². The molecule has 0 bridgehead atoms. The third kappa shape index (κ3) is 6.42. The summed E-state index contributed by atoms with van der Waals surface area (Å²) in [5.41, 5.74) is 5.71. The summed E-state index contributed by atoms with van der Waals surface area (Å²) >= 11 is 5.81. The van der Waals surface area contributed by atoms with Gasteiger partial charge < -0.3 is 19.8 Å². The first kappa shape index (κ1) is 27.9. The molecule has 1 atom stereocenters. The Morgan fingerprint density at radius 2 is 1.80 bits per heavy atom. The number of carbonyl (C=O) groups is 1. The molecule has 0 fully saturated rings. The molecule has 1 N–H and O–H groups in total. The van der Waals surface area contributed by atoms with Crippen LogP contribution in [0.25, 0.3) is 5.43 Å². The predicted octanol–water partition coefficient (Wildman–Crippen LogP) is -4.03. The maximum absolute atomic E-state index is 12.6. The molecule has 0 aromatic heterocycles. The zero-order chi connectivity index (χ0) is 20.7. The summed E-state index contributed by atoms with van der Waals surface area (Å²) in [5, 5.41) is 1.19. The molecule has 0 spiro atoms. The average Bonchev–Trinajstić information content (AvgIpc) is 2.88. The fraction of sp³-hybridized carbons (Fsp3) is 0.188. The Bertz CT molecular complexity index is 1160. The number of nitrogens with one attached hydrogen (secondary N) is 1. The van der Waals surface area contributed by atoms with E-state index in [1.54, 1.807) is 5.01 Å². The smallest absolute Gasteiger partial charge is 0.735 e. The van der Waals surface area contributed by atoms with Crippen LogP contribution in [-0.2, 0) is 26.7 Å². The second-order valence-corrected chi connectivity index (χ2v) is 9.55. The van der Waals surface area contributed by atoms with E-state index >= 15 is 0 Å². The normalized spacial score (nSPS) is 15.6. The van der Waals surface area contributed by atoms with Crippen LogP contribution in [0.15, 0.2) is 47.4 Å². The maximum atomic E-state index is 12.6. The first-order valence-electron chi connectivity index (χ1n) is 7.90. The molecule has 1 amide bonds. The molecule has 14 heteroatoms. The van der Waals surface area contributed by atoms with Crippen LogP contribution in [0.5, 0.6) is 0 Å². The van der Waals surface area contributed by atoms with Gasteiger partial charge in [0, 0.05) is 17.3 Å². The summed E-state index contributed by atoms with van der Waals surface area (Å²) in [5.74, 6) is -0.748. The van der Waals surface area contributed by atoms with Gasteiger partial charge in [0.05, 0.1) is 10.9 Å². The molecule has 0 saturated carbocycles. The van der Waals surface area contributed by atoms with E-state index in [-0.39, 0.29) is 75.7 Å². The van der Waals surface area contributed by atoms with Crippen LogP contribution in [0.1, 0.15) is 22.8 Å². The van der Waals surface area contributed by atoms with Gasteiger partial charge in [0.25, 0.3) is 10.0 Å². The summed E-state index contributed by atoms with van der Waals surface area (Å²) < 4.78 is 57.4. The van der Waals surface area contributed by atoms with Crippen molar-refractivity contribution in [2.75, 3.05) is 5.01 Å². The minimum Gasteiger partial charge on any atom is -0.735 e. The van der Waals surface area contributed by atoms with Crippen molar-refractivity contribution in [2.45, 2.75) is 24.3 Å². The molecular weight excluding hydrogens is 476 g/mol. The summed E-state index contributed by atoms with van der Waals surface area (Å²) in [4.78, 5) is 11.9. The number of hydrogen-bond donors (Lipinski definition) is 1. The topological polar surface area (TPSA) is 138 Å². The molecule has 30 heavy (non-hydrogen) atoms. The third-order valence-electron chi connectivity index (χ3n) is 4.05. The second-order valence-electron chi connectivity index (χ2n) is 6.12. The first-order chi connectivity index (χ1) is 13.0. The first-order valence-corrected chi connectivity index (χ1v) is 11.2. The van der Waals surface area contributed by atoms with Gasteiger partial charge in [-0.1, -0.05) is 35.9 Å². The summed E-state index contributed by atoms with van der Waals surface area (Å²) in [6.07, 6.45) is 0.693. The van der Waals surface area contributed by atoms with E-state index in [1.807, 2.05) is 31.2 Å². The SMILES string of the molecule is CC1Cc2ccccc2N1[N-]C(=O)c1ccc(Cl)c(S(=O)(=O)NS(=O)(=O)[O-])c1.[Na+].[Na+]. The van der Waals surface area contributed by atoms with E-state index in [1.165, 1.54) is 6.07 Å². The quantitative estimate of drug-likeness (QED) is 0.333. The Hall–Kier alpha value is -0.180. The van der Waals surface area contributed by atoms with Gasteiger partial charge >= 0.3 is 59.1 Å². The van der Waals surface area contributed by atoms with Crippen molar-refractivity contribution < 1.29 is 85.3 Å². The Kier molecular flexibility index (Phi) is 9.86. The number of nitrogens with zero attached hydrogens (tertiary/aromatic N) is 2. The Balaban J connectivity index is 0.00000225. The predicted molar refractivity (Wildman–Crippen MR) is 101 cm³/mol. The second kappa shape index (κ2) is 10.6. The number of para-hydroxylation sites is 1. The summed E-state index contributed by atoms with van der Waals surface area (Å²) in [6, 6.07) is 10.6. The summed E-state index contributed by atoms with van der Waals surface area (Å²) in [7, 11) is -10.1. The molecule has 3 rings (SSSR count). The van der Waals surface area contributed by atoms with Crippen molar-refractivity contribution in [3.63, 3.8) is 0 Å². The van der Waals surface area contributed by atoms with Crippen molar-refractivity contribution in [3.05, 3.63) is 64.0 Å². The van der Waals surface area contributed by atoms with Crippen LogP contribution in [0.2, 0.25) is 5.02 Å². The molecule has 2 aromatic rings. The fourth-order valence-electron chi connectivity index (χ4n) is 2.88. The average molecular weight is 490 g/mol. The van der Waals surface area contributed by atoms with Gasteiger partial charge in [-0.2, -0.15) is 0 Å². The monoisotopic (exact) mass is 489 g/mol. The minimum absolute atomic E-state index is 0. The number of fused-ring (bicyclic) bond motifs is 1. The van der Waals surface area contributed by atoms with Crippen LogP contribution in [0.4, 0.5) is 5.69 Å². The standard InChI is InChI=1S/C16H16ClN3O6S2.2Na/c1-10-8-11-4-2-3-5-14(11)20(10)18-16(21)12-6-7-13(17)15(9-12)27(22,23)19-28(24,25)26;;/h2-7,9-10,19H,8H2,1H3,(H2,18,21,24,25,26);;/q;2*+1/p-2. The number of anilines is 1. The molecule has 9 nitrogen and oxygen atoms in total. The van der Waals surface area contributed by atoms with E-state index in [0.29, 0.717) is 6.42 Å². The zero-order valence-corrected chi connectivity index (χ0v) is 22.8. The molecule has 1 aliphatic rings. The zero-order valence-electron chi connectivity index (χ0n) is 16.4. The van der Waals surface area contributed by atoms with Crippen LogP contribution in [0.3, 0.4) is 0 Å². The molecule has 2 aromatic carbocycles. The van der Waals surface area contributed by atoms with Crippen molar-refractivity contribution in [2.24, 2.45) is 0 Å². The van der Waals surface area contributed by atoms with Gasteiger partial charge in [0.15, 0.2) is 10.3 Å². The molecule has 0 saturated heterocycles. The largest absolute Gasteiger partial charge is 1.00 e. The van der Waals surface area contributed by atoms with E-state index in [9.17, 15) is 26.2 Å². The van der Waals surface area contributed by atoms with Gasteiger partial charge in [-0.05, 0) is 37.1 Å². The fourth-order valence-corrected chi connectivity index (χ4v) is 5.34. The maximum Gasteiger partial charge on any atom is 1.00 e. The van der Waals surface area contributed by atoms with Gasteiger partial charge in [-0.15, -0.1) is 4.13 Å². The van der Waals surface area contributed by atoms with Gasteiger partial charge in [-0.25, -0.2) is 16.8 Å². The Morgan fingerprint density at radius 1 is 1.17 bits per heavy atom. The molecule has 0 aliphatic carbocycles. The number of carbonyl (C=O) groups excluding carboxylic acids is 1. The summed E-state index contributed by atoms with van der Waals surface area (Å²) in [6.45, 7) is 1.89. The molecule has 150 valence electrons. The molecule has 1 aliphatic heterocycles. The van der Waals surface area contributed by atoms with Crippen LogP contribution < -0.4 is 68.3 Å². The van der Waals surface area contributed by atoms with Crippen molar-refractivity contribution in [1.82, 2.24) is 4.13 Å². The van der Waals surface area contributed by atoms with E-state index in [2.05, 4.69) is 5.43 Å². The van der Waals surface area contributed by atoms with Gasteiger partial charge in [0.1, 0.15) is 4.90 Å². The number of benzene rings is 2.